The summed E-state index contributed by atoms with van der Waals surface area (Å²) in [5.41, 5.74) is 6.21. The number of halogens is 1. The minimum Gasteiger partial charge on any atom is -0.308 e. The van der Waals surface area contributed by atoms with Crippen molar-refractivity contribution in [3.63, 3.8) is 0 Å². The molecule has 0 aliphatic carbocycles. The van der Waals surface area contributed by atoms with Crippen molar-refractivity contribution in [2.45, 2.75) is 0 Å². The van der Waals surface area contributed by atoms with Crippen molar-refractivity contribution in [3.05, 3.63) is 53.8 Å². The van der Waals surface area contributed by atoms with Gasteiger partial charge >= 0.3 is 0 Å². The van der Waals surface area contributed by atoms with Gasteiger partial charge in [0, 0.05) is 27.9 Å². The zero-order valence-corrected chi connectivity index (χ0v) is 11.2. The van der Waals surface area contributed by atoms with Gasteiger partial charge in [-0.2, -0.15) is 5.10 Å². The highest BCUT2D eigenvalue weighted by Gasteiger charge is 2.13. The highest BCUT2D eigenvalue weighted by molar-refractivity contribution is 6.30. The molecule has 4 N–H and O–H groups in total. The smallest absolute Gasteiger partial charge is 0.147 e. The Balaban J connectivity index is 2.15. The number of hydrogen-bond acceptors (Lipinski definition) is 4. The van der Waals surface area contributed by atoms with E-state index in [-0.39, 0.29) is 0 Å². The van der Waals surface area contributed by atoms with Crippen LogP contribution in [0.2, 0.25) is 5.02 Å². The van der Waals surface area contributed by atoms with Crippen molar-refractivity contribution in [1.29, 1.82) is 0 Å². The fourth-order valence-electron chi connectivity index (χ4n) is 2.09. The number of pyridine rings is 1. The molecule has 0 unspecified atom stereocenters. The molecule has 0 saturated heterocycles. The molecule has 0 spiro atoms. The molecule has 6 heteroatoms. The van der Waals surface area contributed by atoms with Crippen LogP contribution in [0.4, 0.5) is 5.82 Å². The summed E-state index contributed by atoms with van der Waals surface area (Å²) in [5, 5.41) is 7.78. The normalized spacial score (nSPS) is 10.5. The van der Waals surface area contributed by atoms with Crippen molar-refractivity contribution in [3.8, 4) is 22.4 Å². The lowest BCUT2D eigenvalue weighted by atomic mass is 10.0. The number of benzene rings is 1. The van der Waals surface area contributed by atoms with Gasteiger partial charge < -0.3 is 5.43 Å². The third-order valence-corrected chi connectivity index (χ3v) is 3.22. The van der Waals surface area contributed by atoms with Gasteiger partial charge in [0.15, 0.2) is 0 Å². The Kier molecular flexibility index (Phi) is 3.37. The Bertz CT molecular complexity index is 738. The maximum atomic E-state index is 6.04. The molecule has 100 valence electrons. The molecule has 0 fully saturated rings. The lowest BCUT2D eigenvalue weighted by Crippen LogP contribution is -2.09. The van der Waals surface area contributed by atoms with Gasteiger partial charge in [0.1, 0.15) is 5.82 Å². The third-order valence-electron chi connectivity index (χ3n) is 2.99. The number of aromatic amines is 1. The molecule has 3 aromatic rings. The van der Waals surface area contributed by atoms with Crippen molar-refractivity contribution in [2.24, 2.45) is 5.84 Å². The van der Waals surface area contributed by atoms with Crippen molar-refractivity contribution < 1.29 is 0 Å². The molecule has 2 heterocycles. The predicted molar refractivity (Wildman–Crippen MR) is 80.1 cm³/mol. The number of nitrogens with one attached hydrogen (secondary N) is 2. The van der Waals surface area contributed by atoms with Gasteiger partial charge in [-0.05, 0) is 24.3 Å². The van der Waals surface area contributed by atoms with Crippen LogP contribution < -0.4 is 11.3 Å². The zero-order valence-electron chi connectivity index (χ0n) is 10.5. The van der Waals surface area contributed by atoms with E-state index in [4.69, 9.17) is 17.4 Å². The van der Waals surface area contributed by atoms with Crippen molar-refractivity contribution >= 4 is 17.4 Å². The second kappa shape index (κ2) is 5.32. The van der Waals surface area contributed by atoms with Gasteiger partial charge in [0.2, 0.25) is 0 Å². The highest BCUT2D eigenvalue weighted by Crippen LogP contribution is 2.33. The number of hydrogen-bond donors (Lipinski definition) is 3. The number of nitrogen functional groups attached to an aromatic ring is 1. The Morgan fingerprint density at radius 3 is 2.85 bits per heavy atom. The number of rotatable bonds is 3. The molecule has 0 saturated carbocycles. The van der Waals surface area contributed by atoms with E-state index >= 15 is 0 Å². The minimum atomic E-state index is 0.595. The van der Waals surface area contributed by atoms with E-state index in [0.29, 0.717) is 10.8 Å². The summed E-state index contributed by atoms with van der Waals surface area (Å²) in [7, 11) is 0. The van der Waals surface area contributed by atoms with Gasteiger partial charge in [-0.3, -0.25) is 5.10 Å². The molecule has 0 amide bonds. The van der Waals surface area contributed by atoms with Crippen LogP contribution in [0, 0.1) is 0 Å². The first-order chi connectivity index (χ1) is 9.79. The van der Waals surface area contributed by atoms with Crippen LogP contribution in [0.3, 0.4) is 0 Å². The van der Waals surface area contributed by atoms with Crippen molar-refractivity contribution in [1.82, 2.24) is 15.2 Å². The van der Waals surface area contributed by atoms with Gasteiger partial charge in [0.25, 0.3) is 0 Å². The number of hydrazine groups is 1. The summed E-state index contributed by atoms with van der Waals surface area (Å²) in [4.78, 5) is 4.20. The summed E-state index contributed by atoms with van der Waals surface area (Å²) in [6, 6.07) is 11.4. The number of H-pyrrole nitrogens is 1. The first kappa shape index (κ1) is 12.7. The molecular formula is C14H12ClN5. The van der Waals surface area contributed by atoms with Crippen LogP contribution in [0.5, 0.6) is 0 Å². The van der Waals surface area contributed by atoms with Crippen molar-refractivity contribution in [2.75, 3.05) is 5.43 Å². The second-order valence-electron chi connectivity index (χ2n) is 4.21. The Morgan fingerprint density at radius 2 is 2.05 bits per heavy atom. The predicted octanol–water partition coefficient (Wildman–Crippen LogP) is 3.08. The number of nitrogens with two attached hydrogens (primary N) is 1. The van der Waals surface area contributed by atoms with E-state index in [9.17, 15) is 0 Å². The quantitative estimate of drug-likeness (QED) is 0.510. The molecule has 0 radical (unpaired) electrons. The molecule has 1 aromatic carbocycles. The van der Waals surface area contributed by atoms with E-state index in [1.165, 1.54) is 0 Å². The minimum absolute atomic E-state index is 0.595. The topological polar surface area (TPSA) is 79.6 Å². The fourth-order valence-corrected chi connectivity index (χ4v) is 2.28. The van der Waals surface area contributed by atoms with Crippen LogP contribution in [0.15, 0.2) is 48.8 Å². The maximum absolute atomic E-state index is 6.04. The molecule has 2 aromatic heterocycles. The highest BCUT2D eigenvalue weighted by atomic mass is 35.5. The lowest BCUT2D eigenvalue weighted by molar-refractivity contribution is 1.10. The number of nitrogens with zero attached hydrogens (tertiary/aromatic N) is 2. The molecule has 3 rings (SSSR count). The molecule has 0 aliphatic rings. The maximum Gasteiger partial charge on any atom is 0.147 e. The van der Waals surface area contributed by atoms with Crippen LogP contribution in [0.25, 0.3) is 22.4 Å². The van der Waals surface area contributed by atoms with Gasteiger partial charge in [-0.15, -0.1) is 0 Å². The van der Waals surface area contributed by atoms with Crippen LogP contribution >= 0.6 is 11.6 Å². The second-order valence-corrected chi connectivity index (χ2v) is 4.65. The standard InChI is InChI=1S/C14H12ClN5/c15-10-4-1-3-9(7-10)13-12(8-18-20-13)11-5-2-6-17-14(11)19-16/h1-8H,16H2,(H,17,19)(H,18,20). The first-order valence-corrected chi connectivity index (χ1v) is 6.38. The number of aromatic nitrogens is 3. The van der Waals surface area contributed by atoms with E-state index in [2.05, 4.69) is 20.6 Å². The van der Waals surface area contributed by atoms with Gasteiger partial charge in [-0.1, -0.05) is 23.7 Å². The monoisotopic (exact) mass is 285 g/mol. The molecule has 0 atom stereocenters. The number of anilines is 1. The van der Waals surface area contributed by atoms with E-state index in [1.807, 2.05) is 36.4 Å². The summed E-state index contributed by atoms with van der Waals surface area (Å²) >= 11 is 6.04. The van der Waals surface area contributed by atoms with Gasteiger partial charge in [0.05, 0.1) is 11.9 Å². The molecule has 5 nitrogen and oxygen atoms in total. The lowest BCUT2D eigenvalue weighted by Gasteiger charge is -2.08. The molecule has 0 aliphatic heterocycles. The Morgan fingerprint density at radius 1 is 1.15 bits per heavy atom. The average molecular weight is 286 g/mol. The summed E-state index contributed by atoms with van der Waals surface area (Å²) in [6.45, 7) is 0. The van der Waals surface area contributed by atoms with Crippen LogP contribution in [-0.4, -0.2) is 15.2 Å². The zero-order chi connectivity index (χ0) is 13.9. The SMILES string of the molecule is NNc1ncccc1-c1cn[nH]c1-c1cccc(Cl)c1. The first-order valence-electron chi connectivity index (χ1n) is 6.01. The van der Waals surface area contributed by atoms with E-state index < -0.39 is 0 Å². The largest absolute Gasteiger partial charge is 0.308 e. The van der Waals surface area contributed by atoms with E-state index in [1.54, 1.807) is 12.4 Å². The third kappa shape index (κ3) is 2.24. The van der Waals surface area contributed by atoms with Crippen LogP contribution in [-0.2, 0) is 0 Å². The Labute approximate surface area is 120 Å². The fraction of sp³-hybridized carbons (Fsp3) is 0. The van der Waals surface area contributed by atoms with E-state index in [0.717, 1.165) is 22.4 Å². The Hall–Kier alpha value is -2.37. The molecular weight excluding hydrogens is 274 g/mol. The molecule has 20 heavy (non-hydrogen) atoms. The molecule has 0 bridgehead atoms. The van der Waals surface area contributed by atoms with Crippen LogP contribution in [0.1, 0.15) is 0 Å². The van der Waals surface area contributed by atoms with Gasteiger partial charge in [-0.25, -0.2) is 10.8 Å². The summed E-state index contributed by atoms with van der Waals surface area (Å²) < 4.78 is 0. The summed E-state index contributed by atoms with van der Waals surface area (Å²) in [6.07, 6.45) is 3.42. The average Bonchev–Trinajstić information content (AvgIpc) is 2.96. The summed E-state index contributed by atoms with van der Waals surface area (Å²) in [5.74, 6) is 6.10.